The maximum Gasteiger partial charge on any atom is 0.422 e. The van der Waals surface area contributed by atoms with Gasteiger partial charge in [0, 0.05) is 24.9 Å². The van der Waals surface area contributed by atoms with Gasteiger partial charge in [0.1, 0.15) is 5.69 Å². The van der Waals surface area contributed by atoms with Crippen molar-refractivity contribution in [2.45, 2.75) is 25.6 Å². The minimum absolute atomic E-state index is 0.0230. The number of amides is 2. The van der Waals surface area contributed by atoms with E-state index < -0.39 is 18.7 Å². The van der Waals surface area contributed by atoms with E-state index >= 15 is 0 Å². The van der Waals surface area contributed by atoms with Gasteiger partial charge in [-0.15, -0.1) is 0 Å². The van der Waals surface area contributed by atoms with Gasteiger partial charge in [-0.1, -0.05) is 0 Å². The molecule has 2 N–H and O–H groups in total. The quantitative estimate of drug-likeness (QED) is 0.640. The molecule has 0 radical (unpaired) electrons. The molecular weight excluding hydrogens is 459 g/mol. The van der Waals surface area contributed by atoms with Crippen LogP contribution in [0.5, 0.6) is 5.88 Å². The van der Waals surface area contributed by atoms with Crippen molar-refractivity contribution in [2.24, 2.45) is 5.92 Å². The molecule has 1 aliphatic carbocycles. The molecule has 0 spiro atoms. The predicted molar refractivity (Wildman–Crippen MR) is 98.0 cm³/mol. The summed E-state index contributed by atoms with van der Waals surface area (Å²) in [5.74, 6) is -0.867. The van der Waals surface area contributed by atoms with E-state index in [9.17, 15) is 22.8 Å². The predicted octanol–water partition coefficient (Wildman–Crippen LogP) is 2.85. The van der Waals surface area contributed by atoms with Gasteiger partial charge in [-0.3, -0.25) is 14.9 Å². The van der Waals surface area contributed by atoms with Crippen molar-refractivity contribution in [1.29, 1.82) is 0 Å². The van der Waals surface area contributed by atoms with Gasteiger partial charge in [-0.05, 0) is 46.5 Å². The Morgan fingerprint density at radius 3 is 2.69 bits per heavy atom. The third kappa shape index (κ3) is 6.38. The molecule has 0 aliphatic heterocycles. The third-order valence-corrected chi connectivity index (χ3v) is 4.33. The minimum Gasteiger partial charge on any atom is -0.467 e. The molecule has 0 atom stereocenters. The second kappa shape index (κ2) is 8.72. The highest BCUT2D eigenvalue weighted by Gasteiger charge is 2.30. The number of nitrogens with one attached hydrogen (secondary N) is 2. The van der Waals surface area contributed by atoms with Gasteiger partial charge in [-0.25, -0.2) is 15.0 Å². The number of nitrogens with zero attached hydrogens (tertiary/aromatic N) is 3. The zero-order valence-corrected chi connectivity index (χ0v) is 16.4. The molecule has 1 fully saturated rings. The fourth-order valence-corrected chi connectivity index (χ4v) is 2.70. The molecule has 2 aromatic heterocycles. The Morgan fingerprint density at radius 2 is 2.03 bits per heavy atom. The number of anilines is 1. The second-order valence-corrected chi connectivity index (χ2v) is 7.10. The van der Waals surface area contributed by atoms with E-state index in [1.165, 1.54) is 24.5 Å². The van der Waals surface area contributed by atoms with E-state index in [1.807, 2.05) is 0 Å². The van der Waals surface area contributed by atoms with E-state index in [2.05, 4.69) is 46.3 Å². The van der Waals surface area contributed by atoms with E-state index in [0.29, 0.717) is 5.56 Å². The van der Waals surface area contributed by atoms with Gasteiger partial charge in [0.2, 0.25) is 17.7 Å². The molecule has 0 bridgehead atoms. The van der Waals surface area contributed by atoms with Crippen LogP contribution >= 0.6 is 15.9 Å². The number of ether oxygens (including phenoxy) is 1. The third-order valence-electron chi connectivity index (χ3n) is 3.76. The molecule has 1 saturated carbocycles. The topological polar surface area (TPSA) is 106 Å². The van der Waals surface area contributed by atoms with Crippen LogP contribution in [0.4, 0.5) is 19.1 Å². The second-order valence-electron chi connectivity index (χ2n) is 6.25. The van der Waals surface area contributed by atoms with Crippen molar-refractivity contribution in [3.05, 3.63) is 40.3 Å². The normalized spacial score (nSPS) is 13.7. The van der Waals surface area contributed by atoms with Crippen LogP contribution in [0.3, 0.4) is 0 Å². The van der Waals surface area contributed by atoms with Crippen molar-refractivity contribution in [2.75, 3.05) is 11.9 Å². The number of pyridine rings is 1. The minimum atomic E-state index is -4.47. The summed E-state index contributed by atoms with van der Waals surface area (Å²) in [6.07, 6.45) is -0.166. The Balaban J connectivity index is 1.56. The lowest BCUT2D eigenvalue weighted by atomic mass is 10.2. The van der Waals surface area contributed by atoms with Crippen LogP contribution in [0.15, 0.2) is 29.0 Å². The number of hydrogen-bond donors (Lipinski definition) is 2. The van der Waals surface area contributed by atoms with E-state index in [1.54, 1.807) is 0 Å². The maximum absolute atomic E-state index is 12.3. The lowest BCUT2D eigenvalue weighted by Gasteiger charge is -2.11. The highest BCUT2D eigenvalue weighted by atomic mass is 79.9. The zero-order valence-electron chi connectivity index (χ0n) is 14.8. The largest absolute Gasteiger partial charge is 0.467 e. The highest BCUT2D eigenvalue weighted by Crippen LogP contribution is 2.29. The van der Waals surface area contributed by atoms with Crippen molar-refractivity contribution < 1.29 is 27.5 Å². The molecule has 3 rings (SSSR count). The van der Waals surface area contributed by atoms with E-state index in [4.69, 9.17) is 0 Å². The first-order valence-electron chi connectivity index (χ1n) is 8.47. The van der Waals surface area contributed by atoms with Gasteiger partial charge in [0.15, 0.2) is 6.61 Å². The Labute approximate surface area is 171 Å². The van der Waals surface area contributed by atoms with Crippen LogP contribution in [-0.4, -0.2) is 39.5 Å². The average Bonchev–Trinajstić information content (AvgIpc) is 3.50. The Hall–Kier alpha value is -2.76. The number of alkyl halides is 3. The van der Waals surface area contributed by atoms with Crippen molar-refractivity contribution in [3.63, 3.8) is 0 Å². The summed E-state index contributed by atoms with van der Waals surface area (Å²) in [7, 11) is 0. The summed E-state index contributed by atoms with van der Waals surface area (Å²) in [6.45, 7) is -1.40. The summed E-state index contributed by atoms with van der Waals surface area (Å²) in [6, 6.07) is 2.88. The van der Waals surface area contributed by atoms with E-state index in [0.717, 1.165) is 12.8 Å². The Bertz CT molecular complexity index is 921. The SMILES string of the molecule is O=C(NCc1cnc(OCC(F)(F)F)c(Br)c1)c1ccnc(NC(=O)C2CC2)n1. The molecule has 2 amide bonds. The van der Waals surface area contributed by atoms with Crippen LogP contribution in [0.25, 0.3) is 0 Å². The Morgan fingerprint density at radius 1 is 1.28 bits per heavy atom. The molecule has 2 heterocycles. The molecule has 12 heteroatoms. The fourth-order valence-electron chi connectivity index (χ4n) is 2.19. The lowest BCUT2D eigenvalue weighted by Crippen LogP contribution is -2.25. The number of rotatable bonds is 7. The molecule has 0 unspecified atom stereocenters. The highest BCUT2D eigenvalue weighted by molar-refractivity contribution is 9.10. The molecule has 8 nitrogen and oxygen atoms in total. The van der Waals surface area contributed by atoms with Crippen LogP contribution in [-0.2, 0) is 11.3 Å². The molecular formula is C17H15BrF3N5O3. The van der Waals surface area contributed by atoms with Gasteiger partial charge >= 0.3 is 6.18 Å². The van der Waals surface area contributed by atoms with Gasteiger partial charge in [0.05, 0.1) is 4.47 Å². The summed E-state index contributed by atoms with van der Waals surface area (Å²) >= 11 is 3.09. The standard InChI is InChI=1S/C17H15BrF3N5O3/c18-11-5-9(7-24-15(11)29-8-17(19,20)21)6-23-14(28)12-3-4-22-16(25-12)26-13(27)10-1-2-10/h3-5,7,10H,1-2,6,8H2,(H,23,28)(H,22,25,26,27). The van der Waals surface area contributed by atoms with Gasteiger partial charge in [-0.2, -0.15) is 13.2 Å². The summed E-state index contributed by atoms with van der Waals surface area (Å²) in [5, 5.41) is 5.17. The lowest BCUT2D eigenvalue weighted by molar-refractivity contribution is -0.154. The van der Waals surface area contributed by atoms with Crippen LogP contribution in [0.2, 0.25) is 0 Å². The summed E-state index contributed by atoms with van der Waals surface area (Å²) < 4.78 is 41.5. The smallest absolute Gasteiger partial charge is 0.422 e. The fraction of sp³-hybridized carbons (Fsp3) is 0.353. The number of hydrogen-bond acceptors (Lipinski definition) is 6. The van der Waals surface area contributed by atoms with Crippen LogP contribution < -0.4 is 15.4 Å². The van der Waals surface area contributed by atoms with Crippen molar-refractivity contribution >= 4 is 33.7 Å². The van der Waals surface area contributed by atoms with Gasteiger partial charge in [0.25, 0.3) is 5.91 Å². The van der Waals surface area contributed by atoms with Crippen molar-refractivity contribution in [1.82, 2.24) is 20.3 Å². The molecule has 1 aliphatic rings. The number of aromatic nitrogens is 3. The first-order chi connectivity index (χ1) is 13.7. The van der Waals surface area contributed by atoms with Gasteiger partial charge < -0.3 is 10.1 Å². The monoisotopic (exact) mass is 473 g/mol. The summed E-state index contributed by atoms with van der Waals surface area (Å²) in [4.78, 5) is 35.8. The van der Waals surface area contributed by atoms with Crippen LogP contribution in [0, 0.1) is 5.92 Å². The number of carbonyl (C=O) groups excluding carboxylic acids is 2. The number of carbonyl (C=O) groups is 2. The zero-order chi connectivity index (χ0) is 21.0. The first-order valence-corrected chi connectivity index (χ1v) is 9.26. The Kier molecular flexibility index (Phi) is 6.30. The number of halogens is 4. The first kappa shape index (κ1) is 21.0. The molecule has 0 aromatic carbocycles. The molecule has 2 aromatic rings. The van der Waals surface area contributed by atoms with E-state index in [-0.39, 0.29) is 40.4 Å². The molecule has 0 saturated heterocycles. The van der Waals surface area contributed by atoms with Crippen LogP contribution in [0.1, 0.15) is 28.9 Å². The van der Waals surface area contributed by atoms with Crippen molar-refractivity contribution in [3.8, 4) is 5.88 Å². The average molecular weight is 474 g/mol. The summed E-state index contributed by atoms with van der Waals surface area (Å²) in [5.41, 5.74) is 0.587. The molecule has 154 valence electrons. The molecule has 29 heavy (non-hydrogen) atoms. The maximum atomic E-state index is 12.3.